The van der Waals surface area contributed by atoms with E-state index >= 15 is 0 Å². The maximum absolute atomic E-state index is 13.1. The molecule has 1 fully saturated rings. The highest BCUT2D eigenvalue weighted by molar-refractivity contribution is 7.89. The van der Waals surface area contributed by atoms with Gasteiger partial charge in [-0.25, -0.2) is 13.1 Å². The molecule has 2 aromatic carbocycles. The highest BCUT2D eigenvalue weighted by Crippen LogP contribution is 2.34. The summed E-state index contributed by atoms with van der Waals surface area (Å²) in [5.74, 6) is 0.0838. The smallest absolute Gasteiger partial charge is 0.417 e. The van der Waals surface area contributed by atoms with Gasteiger partial charge in [0.1, 0.15) is 5.75 Å². The summed E-state index contributed by atoms with van der Waals surface area (Å²) in [5.41, 5.74) is -0.585. The number of sulfonamides is 1. The van der Waals surface area contributed by atoms with Crippen LogP contribution in [0.25, 0.3) is 0 Å². The fourth-order valence-corrected chi connectivity index (χ4v) is 4.51. The van der Waals surface area contributed by atoms with Crippen LogP contribution in [0.2, 0.25) is 0 Å². The first-order valence-corrected chi connectivity index (χ1v) is 10.2. The number of nitrogens with zero attached hydrogens (tertiary/aromatic N) is 1. The van der Waals surface area contributed by atoms with Gasteiger partial charge in [-0.3, -0.25) is 4.79 Å². The number of benzene rings is 2. The third-order valence-electron chi connectivity index (χ3n) is 4.63. The summed E-state index contributed by atoms with van der Waals surface area (Å²) in [6.45, 7) is 0.113. The highest BCUT2D eigenvalue weighted by Gasteiger charge is 2.37. The van der Waals surface area contributed by atoms with Crippen molar-refractivity contribution in [1.29, 1.82) is 0 Å². The first-order valence-electron chi connectivity index (χ1n) is 8.72. The van der Waals surface area contributed by atoms with Crippen molar-refractivity contribution in [1.82, 2.24) is 4.72 Å². The molecule has 0 aliphatic carbocycles. The Morgan fingerprint density at radius 2 is 1.79 bits per heavy atom. The van der Waals surface area contributed by atoms with E-state index in [-0.39, 0.29) is 31.3 Å². The molecule has 6 nitrogen and oxygen atoms in total. The number of methoxy groups -OCH3 is 1. The van der Waals surface area contributed by atoms with E-state index in [4.69, 9.17) is 4.74 Å². The number of nitrogens with one attached hydrogen (secondary N) is 1. The molecule has 2 aromatic rings. The van der Waals surface area contributed by atoms with Crippen LogP contribution in [0.4, 0.5) is 18.9 Å². The second-order valence-electron chi connectivity index (χ2n) is 6.62. The summed E-state index contributed by atoms with van der Waals surface area (Å²) in [6.07, 6.45) is -4.70. The molecule has 10 heteroatoms. The van der Waals surface area contributed by atoms with Crippen molar-refractivity contribution >= 4 is 21.6 Å². The van der Waals surface area contributed by atoms with Gasteiger partial charge >= 0.3 is 6.18 Å². The van der Waals surface area contributed by atoms with Crippen molar-refractivity contribution in [3.05, 3.63) is 54.1 Å². The van der Waals surface area contributed by atoms with E-state index in [0.29, 0.717) is 11.4 Å². The van der Waals surface area contributed by atoms with Gasteiger partial charge in [0.25, 0.3) is 0 Å². The number of carbonyl (C=O) groups excluding carboxylic acids is 1. The predicted molar refractivity (Wildman–Crippen MR) is 100 cm³/mol. The van der Waals surface area contributed by atoms with E-state index in [1.54, 1.807) is 24.3 Å². The lowest BCUT2D eigenvalue weighted by atomic mass is 10.1. The normalized spacial score (nSPS) is 17.6. The Labute approximate surface area is 166 Å². The molecule has 0 spiro atoms. The zero-order valence-corrected chi connectivity index (χ0v) is 16.3. The Bertz CT molecular complexity index is 991. The van der Waals surface area contributed by atoms with Gasteiger partial charge in [0.05, 0.1) is 17.6 Å². The average Bonchev–Trinajstić information content (AvgIpc) is 3.06. The van der Waals surface area contributed by atoms with Gasteiger partial charge in [-0.05, 0) is 42.3 Å². The fraction of sp³-hybridized carbons (Fsp3) is 0.316. The second kappa shape index (κ2) is 8.03. The third-order valence-corrected chi connectivity index (χ3v) is 6.11. The molecule has 1 heterocycles. The number of halogens is 3. The molecule has 0 saturated carbocycles. The van der Waals surface area contributed by atoms with Crippen LogP contribution >= 0.6 is 0 Å². The lowest BCUT2D eigenvalue weighted by Gasteiger charge is -2.18. The Morgan fingerprint density at radius 1 is 1.14 bits per heavy atom. The minimum Gasteiger partial charge on any atom is -0.497 e. The number of amides is 1. The maximum Gasteiger partial charge on any atom is 0.417 e. The molecule has 1 aliphatic heterocycles. The SMILES string of the molecule is COc1ccc(N2C[C@@H](CNS(=O)(=O)c3ccccc3C(F)(F)F)CC2=O)cc1. The Hall–Kier alpha value is -2.59. The fourth-order valence-electron chi connectivity index (χ4n) is 3.17. The van der Waals surface area contributed by atoms with Crippen LogP contribution in [-0.4, -0.2) is 34.5 Å². The quantitative estimate of drug-likeness (QED) is 0.768. The standard InChI is InChI=1S/C19H19F3N2O4S/c1-28-15-8-6-14(7-9-15)24-12-13(10-18(24)25)11-23-29(26,27)17-5-3-2-4-16(17)19(20,21)22/h2-9,13,23H,10-12H2,1H3/t13-/m1/s1. The molecule has 0 bridgehead atoms. The predicted octanol–water partition coefficient (Wildman–Crippen LogP) is 3.05. The summed E-state index contributed by atoms with van der Waals surface area (Å²) in [7, 11) is -2.86. The number of rotatable bonds is 6. The largest absolute Gasteiger partial charge is 0.497 e. The van der Waals surface area contributed by atoms with Crippen molar-refractivity contribution in [3.8, 4) is 5.75 Å². The molecule has 1 N–H and O–H groups in total. The van der Waals surface area contributed by atoms with E-state index in [9.17, 15) is 26.4 Å². The Kier molecular flexibility index (Phi) is 5.85. The second-order valence-corrected chi connectivity index (χ2v) is 8.35. The Balaban J connectivity index is 1.70. The molecular formula is C19H19F3N2O4S. The monoisotopic (exact) mass is 428 g/mol. The van der Waals surface area contributed by atoms with E-state index < -0.39 is 26.7 Å². The minimum absolute atomic E-state index is 0.0927. The van der Waals surface area contributed by atoms with E-state index in [2.05, 4.69) is 4.72 Å². The van der Waals surface area contributed by atoms with Crippen molar-refractivity contribution in [3.63, 3.8) is 0 Å². The molecule has 3 rings (SSSR count). The topological polar surface area (TPSA) is 75.7 Å². The van der Waals surface area contributed by atoms with E-state index in [1.165, 1.54) is 18.1 Å². The van der Waals surface area contributed by atoms with Gasteiger partial charge in [0, 0.05) is 25.2 Å². The van der Waals surface area contributed by atoms with Crippen LogP contribution in [0.1, 0.15) is 12.0 Å². The van der Waals surface area contributed by atoms with Gasteiger partial charge in [-0.2, -0.15) is 13.2 Å². The molecule has 1 atom stereocenters. The van der Waals surface area contributed by atoms with Gasteiger partial charge in [0.15, 0.2) is 0 Å². The summed E-state index contributed by atoms with van der Waals surface area (Å²) in [4.78, 5) is 13.0. The van der Waals surface area contributed by atoms with Gasteiger partial charge in [-0.15, -0.1) is 0 Å². The van der Waals surface area contributed by atoms with E-state index in [1.807, 2.05) is 0 Å². The number of alkyl halides is 3. The molecule has 0 unspecified atom stereocenters. The maximum atomic E-state index is 13.1. The summed E-state index contributed by atoms with van der Waals surface area (Å²) in [6, 6.07) is 10.8. The van der Waals surface area contributed by atoms with Crippen LogP contribution in [0, 0.1) is 5.92 Å². The molecule has 0 aromatic heterocycles. The molecule has 29 heavy (non-hydrogen) atoms. The third kappa shape index (κ3) is 4.70. The average molecular weight is 428 g/mol. The zero-order chi connectivity index (χ0) is 21.2. The highest BCUT2D eigenvalue weighted by atomic mass is 32.2. The molecule has 1 amide bonds. The molecule has 1 aliphatic rings. The molecule has 156 valence electrons. The van der Waals surface area contributed by atoms with E-state index in [0.717, 1.165) is 18.2 Å². The first kappa shape index (κ1) is 21.1. The van der Waals surface area contributed by atoms with Gasteiger partial charge in [-0.1, -0.05) is 12.1 Å². The van der Waals surface area contributed by atoms with Gasteiger partial charge in [0.2, 0.25) is 15.9 Å². The van der Waals surface area contributed by atoms with Crippen molar-refractivity contribution in [2.45, 2.75) is 17.5 Å². The van der Waals surface area contributed by atoms with Crippen molar-refractivity contribution in [2.24, 2.45) is 5.92 Å². The lowest BCUT2D eigenvalue weighted by molar-refractivity contribution is -0.139. The minimum atomic E-state index is -4.79. The van der Waals surface area contributed by atoms with Crippen LogP contribution in [0.5, 0.6) is 5.75 Å². The number of hydrogen-bond donors (Lipinski definition) is 1. The molecular weight excluding hydrogens is 409 g/mol. The summed E-state index contributed by atoms with van der Waals surface area (Å²) in [5, 5.41) is 0. The summed E-state index contributed by atoms with van der Waals surface area (Å²) >= 11 is 0. The number of hydrogen-bond acceptors (Lipinski definition) is 4. The van der Waals surface area contributed by atoms with Crippen LogP contribution in [0.3, 0.4) is 0 Å². The molecule has 1 saturated heterocycles. The van der Waals surface area contributed by atoms with Crippen LogP contribution in [-0.2, 0) is 21.0 Å². The van der Waals surface area contributed by atoms with Gasteiger partial charge < -0.3 is 9.64 Å². The number of anilines is 1. The first-order chi connectivity index (χ1) is 13.6. The molecule has 0 radical (unpaired) electrons. The van der Waals surface area contributed by atoms with Crippen molar-refractivity contribution < 1.29 is 31.1 Å². The number of carbonyl (C=O) groups is 1. The Morgan fingerprint density at radius 3 is 2.41 bits per heavy atom. The van der Waals surface area contributed by atoms with Crippen molar-refractivity contribution in [2.75, 3.05) is 25.1 Å². The lowest BCUT2D eigenvalue weighted by Crippen LogP contribution is -2.32. The number of ether oxygens (including phenoxy) is 1. The van der Waals surface area contributed by atoms with Crippen LogP contribution < -0.4 is 14.4 Å². The summed E-state index contributed by atoms with van der Waals surface area (Å²) < 4.78 is 71.5. The van der Waals surface area contributed by atoms with Crippen LogP contribution in [0.15, 0.2) is 53.4 Å². The zero-order valence-electron chi connectivity index (χ0n) is 15.4.